The number of carbonyl (C=O) groups excluding carboxylic acids is 3. The number of esters is 1. The fraction of sp³-hybridized carbons (Fsp3) is 0.429. The van der Waals surface area contributed by atoms with Gasteiger partial charge in [0.05, 0.1) is 24.1 Å². The number of benzene rings is 2. The fourth-order valence-corrected chi connectivity index (χ4v) is 4.69. The molecule has 0 radical (unpaired) electrons. The molecule has 0 spiro atoms. The van der Waals surface area contributed by atoms with Crippen molar-refractivity contribution in [1.29, 1.82) is 0 Å². The number of halogens is 1. The van der Waals surface area contributed by atoms with Gasteiger partial charge in [-0.25, -0.2) is 0 Å². The van der Waals surface area contributed by atoms with Gasteiger partial charge in [-0.1, -0.05) is 44.2 Å². The molecule has 204 valence electrons. The summed E-state index contributed by atoms with van der Waals surface area (Å²) in [6.45, 7) is 5.81. The molecule has 2 aromatic rings. The van der Waals surface area contributed by atoms with E-state index in [2.05, 4.69) is 40.4 Å². The van der Waals surface area contributed by atoms with Crippen LogP contribution in [-0.4, -0.2) is 60.1 Å². The van der Waals surface area contributed by atoms with E-state index in [9.17, 15) is 14.4 Å². The lowest BCUT2D eigenvalue weighted by molar-refractivity contribution is -0.147. The van der Waals surface area contributed by atoms with E-state index >= 15 is 0 Å². The first-order chi connectivity index (χ1) is 18.2. The number of nitrogens with zero attached hydrogens (tertiary/aromatic N) is 1. The number of carbonyl (C=O) groups is 3. The maximum absolute atomic E-state index is 12.9. The second-order valence-electron chi connectivity index (χ2n) is 9.45. The molecule has 0 aliphatic carbocycles. The van der Waals surface area contributed by atoms with Crippen molar-refractivity contribution >= 4 is 51.0 Å². The number of rotatable bonds is 11. The largest absolute Gasteiger partial charge is 0.492 e. The summed E-state index contributed by atoms with van der Waals surface area (Å²) in [4.78, 5) is 39.5. The highest BCUT2D eigenvalue weighted by atomic mass is 79.9. The molecule has 1 heterocycles. The zero-order valence-electron chi connectivity index (χ0n) is 21.7. The third-order valence-corrected chi connectivity index (χ3v) is 6.99. The highest BCUT2D eigenvalue weighted by Gasteiger charge is 2.34. The molecular formula is C28H34BrN3O5S. The normalized spacial score (nSPS) is 15.1. The predicted octanol–water partition coefficient (Wildman–Crippen LogP) is 4.26. The summed E-state index contributed by atoms with van der Waals surface area (Å²) in [6.07, 6.45) is 2.24. The van der Waals surface area contributed by atoms with Gasteiger partial charge in [-0.2, -0.15) is 0 Å². The molecule has 2 aromatic carbocycles. The van der Waals surface area contributed by atoms with Crippen LogP contribution in [0.5, 0.6) is 5.75 Å². The number of nitrogens with one attached hydrogen (secondary N) is 2. The van der Waals surface area contributed by atoms with Crippen molar-refractivity contribution in [3.8, 4) is 5.75 Å². The van der Waals surface area contributed by atoms with Crippen molar-refractivity contribution < 1.29 is 23.9 Å². The van der Waals surface area contributed by atoms with E-state index in [4.69, 9.17) is 21.7 Å². The number of amides is 2. The Morgan fingerprint density at radius 2 is 1.95 bits per heavy atom. The number of aryl methyl sites for hydroxylation is 1. The Morgan fingerprint density at radius 3 is 2.66 bits per heavy atom. The lowest BCUT2D eigenvalue weighted by Crippen LogP contribution is -2.60. The van der Waals surface area contributed by atoms with Gasteiger partial charge in [-0.15, -0.1) is 0 Å². The van der Waals surface area contributed by atoms with Gasteiger partial charge in [0.1, 0.15) is 11.8 Å². The topological polar surface area (TPSA) is 97.0 Å². The van der Waals surface area contributed by atoms with Crippen LogP contribution in [0.15, 0.2) is 53.0 Å². The average Bonchev–Trinajstić information content (AvgIpc) is 2.89. The fourth-order valence-electron chi connectivity index (χ4n) is 3.89. The summed E-state index contributed by atoms with van der Waals surface area (Å²) in [5.74, 6) is -0.0598. The number of thiocarbonyl (C=S) groups is 1. The Hall–Kier alpha value is -2.98. The molecule has 38 heavy (non-hydrogen) atoms. The molecular weight excluding hydrogens is 570 g/mol. The average molecular weight is 605 g/mol. The maximum atomic E-state index is 12.9. The van der Waals surface area contributed by atoms with Crippen molar-refractivity contribution in [2.75, 3.05) is 26.3 Å². The minimum Gasteiger partial charge on any atom is -0.492 e. The lowest BCUT2D eigenvalue weighted by Gasteiger charge is -2.36. The quantitative estimate of drug-likeness (QED) is 0.225. The minimum atomic E-state index is -0.860. The Balaban J connectivity index is 1.52. The highest BCUT2D eigenvalue weighted by molar-refractivity contribution is 9.10. The van der Waals surface area contributed by atoms with Crippen molar-refractivity contribution in [2.45, 2.75) is 45.6 Å². The molecule has 2 N–H and O–H groups in total. The van der Waals surface area contributed by atoms with E-state index in [1.165, 1.54) is 5.56 Å². The van der Waals surface area contributed by atoms with Crippen molar-refractivity contribution in [3.05, 3.63) is 64.1 Å². The zero-order valence-corrected chi connectivity index (χ0v) is 24.1. The van der Waals surface area contributed by atoms with Crippen molar-refractivity contribution in [2.24, 2.45) is 5.92 Å². The molecule has 1 aliphatic rings. The molecule has 1 fully saturated rings. The monoisotopic (exact) mass is 603 g/mol. The van der Waals surface area contributed by atoms with Crippen LogP contribution >= 0.6 is 28.1 Å². The molecule has 0 aromatic heterocycles. The van der Waals surface area contributed by atoms with E-state index < -0.39 is 17.9 Å². The zero-order chi connectivity index (χ0) is 27.5. The van der Waals surface area contributed by atoms with Gasteiger partial charge < -0.3 is 19.7 Å². The number of ether oxygens (including phenoxy) is 2. The van der Waals surface area contributed by atoms with Crippen molar-refractivity contribution in [3.63, 3.8) is 0 Å². The standard InChI is InChI=1S/C28H34BrN3O5S/c1-19(2)12-16-36-24-11-10-21(17-22(24)29)26(34)31-28(38)32-14-13-30-27(35)23(32)18-25(33)37-15-6-9-20-7-4-3-5-8-20/h3-5,7-8,10-11,17,19,23H,6,9,12-16,18H2,1-2H3,(H,30,35)(H,31,34,38). The smallest absolute Gasteiger partial charge is 0.308 e. The number of hydrogen-bond donors (Lipinski definition) is 2. The number of piperazine rings is 1. The number of hydrogen-bond acceptors (Lipinski definition) is 6. The van der Waals surface area contributed by atoms with Crippen LogP contribution in [-0.2, 0) is 20.7 Å². The summed E-state index contributed by atoms with van der Waals surface area (Å²) < 4.78 is 11.8. The summed E-state index contributed by atoms with van der Waals surface area (Å²) in [6, 6.07) is 14.1. The van der Waals surface area contributed by atoms with Crippen LogP contribution in [0.4, 0.5) is 0 Å². The molecule has 1 aliphatic heterocycles. The Labute approximate surface area is 237 Å². The van der Waals surface area contributed by atoms with Gasteiger partial charge in [-0.05, 0) is 77.1 Å². The first-order valence-corrected chi connectivity index (χ1v) is 14.0. The second-order valence-corrected chi connectivity index (χ2v) is 10.7. The Morgan fingerprint density at radius 1 is 1.18 bits per heavy atom. The van der Waals surface area contributed by atoms with Gasteiger partial charge in [0.15, 0.2) is 5.11 Å². The summed E-state index contributed by atoms with van der Waals surface area (Å²) in [5.41, 5.74) is 1.55. The molecule has 2 amide bonds. The highest BCUT2D eigenvalue weighted by Crippen LogP contribution is 2.26. The van der Waals surface area contributed by atoms with Crippen LogP contribution in [0.25, 0.3) is 0 Å². The van der Waals surface area contributed by atoms with Crippen LogP contribution < -0.4 is 15.4 Å². The second kappa shape index (κ2) is 14.8. The van der Waals surface area contributed by atoms with E-state index in [-0.39, 0.29) is 24.0 Å². The predicted molar refractivity (Wildman–Crippen MR) is 153 cm³/mol. The Bertz CT molecular complexity index is 1130. The molecule has 1 atom stereocenters. The van der Waals surface area contributed by atoms with Crippen molar-refractivity contribution in [1.82, 2.24) is 15.5 Å². The lowest BCUT2D eigenvalue weighted by atomic mass is 10.1. The molecule has 0 bridgehead atoms. The molecule has 10 heteroatoms. The van der Waals surface area contributed by atoms with E-state index in [0.717, 1.165) is 12.8 Å². The van der Waals surface area contributed by atoms with Gasteiger partial charge >= 0.3 is 5.97 Å². The van der Waals surface area contributed by atoms with Crippen LogP contribution in [0, 0.1) is 5.92 Å². The third-order valence-electron chi connectivity index (χ3n) is 6.03. The molecule has 1 unspecified atom stereocenters. The van der Waals surface area contributed by atoms with E-state index in [1.54, 1.807) is 23.1 Å². The third kappa shape index (κ3) is 9.09. The first-order valence-electron chi connectivity index (χ1n) is 12.8. The first kappa shape index (κ1) is 29.6. The van der Waals surface area contributed by atoms with Gasteiger partial charge in [0, 0.05) is 18.7 Å². The van der Waals surface area contributed by atoms with Gasteiger partial charge in [-0.3, -0.25) is 19.7 Å². The molecule has 1 saturated heterocycles. The SMILES string of the molecule is CC(C)CCOc1ccc(C(=O)NC(=S)N2CCNC(=O)C2CC(=O)OCCCc2ccccc2)cc1Br. The summed E-state index contributed by atoms with van der Waals surface area (Å²) in [7, 11) is 0. The van der Waals surface area contributed by atoms with Crippen LogP contribution in [0.1, 0.15) is 49.0 Å². The van der Waals surface area contributed by atoms with Crippen LogP contribution in [0.2, 0.25) is 0 Å². The van der Waals surface area contributed by atoms with E-state index in [1.807, 2.05) is 30.3 Å². The minimum absolute atomic E-state index is 0.0834. The van der Waals surface area contributed by atoms with Gasteiger partial charge in [0.2, 0.25) is 5.91 Å². The Kier molecular flexibility index (Phi) is 11.5. The molecule has 8 nitrogen and oxygen atoms in total. The summed E-state index contributed by atoms with van der Waals surface area (Å²) in [5, 5.41) is 5.53. The maximum Gasteiger partial charge on any atom is 0.308 e. The molecule has 3 rings (SSSR count). The summed E-state index contributed by atoms with van der Waals surface area (Å²) >= 11 is 8.92. The van der Waals surface area contributed by atoms with Crippen LogP contribution in [0.3, 0.4) is 0 Å². The molecule has 0 saturated carbocycles. The van der Waals surface area contributed by atoms with E-state index in [0.29, 0.717) is 47.8 Å². The van der Waals surface area contributed by atoms with Gasteiger partial charge in [0.25, 0.3) is 5.91 Å².